The number of hydrogen-bond donors (Lipinski definition) is 2. The molecular formula is C24H28N4O4. The number of amides is 1. The number of ether oxygens (including phenoxy) is 3. The predicted molar refractivity (Wildman–Crippen MR) is 122 cm³/mol. The van der Waals surface area contributed by atoms with E-state index in [2.05, 4.69) is 15.5 Å². The van der Waals surface area contributed by atoms with E-state index >= 15 is 0 Å². The number of rotatable bonds is 8. The monoisotopic (exact) mass is 436 g/mol. The van der Waals surface area contributed by atoms with Crippen LogP contribution in [-0.2, 0) is 11.2 Å². The minimum Gasteiger partial charge on any atom is -0.497 e. The molecule has 1 atom stereocenters. The number of aromatic nitrogens is 2. The second-order valence-corrected chi connectivity index (χ2v) is 8.02. The first-order chi connectivity index (χ1) is 15.5. The van der Waals surface area contributed by atoms with Gasteiger partial charge in [0.1, 0.15) is 30.5 Å². The van der Waals surface area contributed by atoms with E-state index in [0.29, 0.717) is 31.1 Å². The number of aromatic amines is 1. The summed E-state index contributed by atoms with van der Waals surface area (Å²) in [5.74, 6) is 1.76. The topological polar surface area (TPSA) is 88.7 Å². The highest BCUT2D eigenvalue weighted by Gasteiger charge is 2.27. The summed E-state index contributed by atoms with van der Waals surface area (Å²) in [6.45, 7) is 1.60. The Hall–Kier alpha value is -3.52. The van der Waals surface area contributed by atoms with Gasteiger partial charge in [-0.15, -0.1) is 0 Å². The quantitative estimate of drug-likeness (QED) is 0.564. The number of carbonyl (C=O) groups is 1. The molecule has 1 amide bonds. The molecule has 1 aliphatic heterocycles. The summed E-state index contributed by atoms with van der Waals surface area (Å²) in [5, 5.41) is 9.87. The molecule has 0 spiro atoms. The summed E-state index contributed by atoms with van der Waals surface area (Å²) < 4.78 is 17.1. The van der Waals surface area contributed by atoms with Crippen LogP contribution in [0.4, 0.5) is 5.69 Å². The van der Waals surface area contributed by atoms with Crippen LogP contribution in [0, 0.1) is 5.92 Å². The van der Waals surface area contributed by atoms with Crippen molar-refractivity contribution in [1.29, 1.82) is 0 Å². The van der Waals surface area contributed by atoms with E-state index in [4.69, 9.17) is 14.2 Å². The van der Waals surface area contributed by atoms with Crippen LogP contribution in [0.25, 0.3) is 11.1 Å². The van der Waals surface area contributed by atoms with Crippen LogP contribution < -0.4 is 19.5 Å². The molecule has 2 N–H and O–H groups in total. The fraction of sp³-hybridized carbons (Fsp3) is 0.333. The summed E-state index contributed by atoms with van der Waals surface area (Å²) >= 11 is 0. The number of nitrogens with zero attached hydrogens (tertiary/aromatic N) is 2. The molecular weight excluding hydrogens is 408 g/mol. The van der Waals surface area contributed by atoms with Gasteiger partial charge in [0.25, 0.3) is 0 Å². The Bertz CT molecular complexity index is 1070. The molecule has 8 nitrogen and oxygen atoms in total. The van der Waals surface area contributed by atoms with Crippen LogP contribution in [0.5, 0.6) is 17.2 Å². The predicted octanol–water partition coefficient (Wildman–Crippen LogP) is 3.22. The van der Waals surface area contributed by atoms with Crippen molar-refractivity contribution < 1.29 is 19.0 Å². The van der Waals surface area contributed by atoms with Crippen LogP contribution in [0.2, 0.25) is 0 Å². The standard InChI is InChI=1S/C24H28N4O4/c1-28(2)8-9-31-23-12-16(19-13-25-26-14-19)4-6-21(23)27-24(29)18-10-17-11-20(30-3)5-7-22(17)32-15-18/h4-7,11-14,18H,8-10,15H2,1-3H3,(H,25,26)(H,27,29)/t18-/m1/s1. The van der Waals surface area contributed by atoms with Crippen molar-refractivity contribution in [2.45, 2.75) is 6.42 Å². The highest BCUT2D eigenvalue weighted by atomic mass is 16.5. The normalized spacial score (nSPS) is 15.1. The average molecular weight is 437 g/mol. The fourth-order valence-corrected chi connectivity index (χ4v) is 3.57. The van der Waals surface area contributed by atoms with E-state index in [0.717, 1.165) is 34.7 Å². The number of fused-ring (bicyclic) bond motifs is 1. The molecule has 168 valence electrons. The number of benzene rings is 2. The van der Waals surface area contributed by atoms with Crippen molar-refractivity contribution in [2.75, 3.05) is 46.3 Å². The molecule has 1 aromatic heterocycles. The van der Waals surface area contributed by atoms with Crippen LogP contribution in [0.15, 0.2) is 48.8 Å². The molecule has 8 heteroatoms. The van der Waals surface area contributed by atoms with Crippen molar-refractivity contribution in [3.63, 3.8) is 0 Å². The number of hydrogen-bond acceptors (Lipinski definition) is 6. The summed E-state index contributed by atoms with van der Waals surface area (Å²) in [5.41, 5.74) is 3.51. The maximum absolute atomic E-state index is 13.1. The third-order valence-corrected chi connectivity index (χ3v) is 5.41. The minimum atomic E-state index is -0.308. The molecule has 3 aromatic rings. The summed E-state index contributed by atoms with van der Waals surface area (Å²) in [6.07, 6.45) is 4.16. The lowest BCUT2D eigenvalue weighted by Gasteiger charge is -2.25. The molecule has 0 saturated heterocycles. The number of nitrogens with one attached hydrogen (secondary N) is 2. The molecule has 2 aromatic carbocycles. The SMILES string of the molecule is COc1ccc2c(c1)C[C@@H](C(=O)Nc1ccc(-c3cn[nH]c3)cc1OCCN(C)C)CO2. The zero-order valence-electron chi connectivity index (χ0n) is 18.6. The van der Waals surface area contributed by atoms with Crippen molar-refractivity contribution in [2.24, 2.45) is 5.92 Å². The van der Waals surface area contributed by atoms with E-state index in [1.54, 1.807) is 13.3 Å². The number of likely N-dealkylation sites (N-methyl/N-ethyl adjacent to an activating group) is 1. The number of H-pyrrole nitrogens is 1. The Morgan fingerprint density at radius 2 is 2.12 bits per heavy atom. The number of anilines is 1. The molecule has 1 aliphatic rings. The van der Waals surface area contributed by atoms with E-state index in [9.17, 15) is 4.79 Å². The van der Waals surface area contributed by atoms with Crippen LogP contribution in [0.3, 0.4) is 0 Å². The first-order valence-corrected chi connectivity index (χ1v) is 10.5. The van der Waals surface area contributed by atoms with Gasteiger partial charge in [-0.2, -0.15) is 5.10 Å². The van der Waals surface area contributed by atoms with Gasteiger partial charge in [-0.3, -0.25) is 9.89 Å². The Morgan fingerprint density at radius 3 is 2.88 bits per heavy atom. The smallest absolute Gasteiger partial charge is 0.231 e. The van der Waals surface area contributed by atoms with Crippen molar-refractivity contribution in [3.05, 3.63) is 54.4 Å². The maximum atomic E-state index is 13.1. The average Bonchev–Trinajstić information content (AvgIpc) is 3.34. The zero-order valence-corrected chi connectivity index (χ0v) is 18.6. The molecule has 0 bridgehead atoms. The molecule has 32 heavy (non-hydrogen) atoms. The van der Waals surface area contributed by atoms with Crippen LogP contribution in [0.1, 0.15) is 5.56 Å². The lowest BCUT2D eigenvalue weighted by atomic mass is 9.95. The van der Waals surface area contributed by atoms with Crippen LogP contribution in [-0.4, -0.2) is 62.0 Å². The first kappa shape index (κ1) is 21.7. The third kappa shape index (κ3) is 5.03. The van der Waals surface area contributed by atoms with Gasteiger partial charge in [0, 0.05) is 18.3 Å². The van der Waals surface area contributed by atoms with E-state index in [1.807, 2.05) is 61.6 Å². The van der Waals surface area contributed by atoms with E-state index < -0.39 is 0 Å². The molecule has 0 unspecified atom stereocenters. The Labute approximate surface area is 187 Å². The molecule has 2 heterocycles. The lowest BCUT2D eigenvalue weighted by Crippen LogP contribution is -2.32. The zero-order chi connectivity index (χ0) is 22.5. The van der Waals surface area contributed by atoms with Gasteiger partial charge >= 0.3 is 0 Å². The Morgan fingerprint density at radius 1 is 1.25 bits per heavy atom. The Balaban J connectivity index is 1.51. The highest BCUT2D eigenvalue weighted by Crippen LogP contribution is 2.33. The summed E-state index contributed by atoms with van der Waals surface area (Å²) in [4.78, 5) is 15.1. The van der Waals surface area contributed by atoms with Gasteiger partial charge in [0.2, 0.25) is 5.91 Å². The molecule has 4 rings (SSSR count). The van der Waals surface area contributed by atoms with Gasteiger partial charge in [-0.05, 0) is 62.0 Å². The van der Waals surface area contributed by atoms with Crippen molar-refractivity contribution >= 4 is 11.6 Å². The molecule has 0 radical (unpaired) electrons. The molecule has 0 saturated carbocycles. The molecule has 0 aliphatic carbocycles. The highest BCUT2D eigenvalue weighted by molar-refractivity contribution is 5.95. The van der Waals surface area contributed by atoms with Crippen molar-refractivity contribution in [1.82, 2.24) is 15.1 Å². The van der Waals surface area contributed by atoms with Gasteiger partial charge < -0.3 is 24.4 Å². The largest absolute Gasteiger partial charge is 0.497 e. The number of carbonyl (C=O) groups excluding carboxylic acids is 1. The minimum absolute atomic E-state index is 0.105. The van der Waals surface area contributed by atoms with E-state index in [-0.39, 0.29) is 11.8 Å². The second-order valence-electron chi connectivity index (χ2n) is 8.02. The second kappa shape index (κ2) is 9.74. The third-order valence-electron chi connectivity index (χ3n) is 5.41. The fourth-order valence-electron chi connectivity index (χ4n) is 3.57. The van der Waals surface area contributed by atoms with Gasteiger partial charge in [0.05, 0.1) is 24.9 Å². The maximum Gasteiger partial charge on any atom is 0.231 e. The van der Waals surface area contributed by atoms with Gasteiger partial charge in [-0.25, -0.2) is 0 Å². The summed E-state index contributed by atoms with van der Waals surface area (Å²) in [7, 11) is 5.61. The lowest BCUT2D eigenvalue weighted by molar-refractivity contribution is -0.121. The Kier molecular flexibility index (Phi) is 6.61. The van der Waals surface area contributed by atoms with Crippen molar-refractivity contribution in [3.8, 4) is 28.4 Å². The van der Waals surface area contributed by atoms with Crippen LogP contribution >= 0.6 is 0 Å². The summed E-state index contributed by atoms with van der Waals surface area (Å²) in [6, 6.07) is 11.4. The van der Waals surface area contributed by atoms with Gasteiger partial charge in [0.15, 0.2) is 0 Å². The number of methoxy groups -OCH3 is 1. The van der Waals surface area contributed by atoms with E-state index in [1.165, 1.54) is 0 Å². The first-order valence-electron chi connectivity index (χ1n) is 10.5. The molecule has 0 fully saturated rings. The van der Waals surface area contributed by atoms with Gasteiger partial charge in [-0.1, -0.05) is 6.07 Å².